The summed E-state index contributed by atoms with van der Waals surface area (Å²) in [6.07, 6.45) is 0. The zero-order valence-electron chi connectivity index (χ0n) is 18.6. The SMILES string of the molecule is COc1ccc(C(c2c(O)c3cc(C)ccc3oc2=O)c2c(N)n(C)c(=O)n(C)c2=O)cc1. The molecule has 0 radical (unpaired) electrons. The van der Waals surface area contributed by atoms with Crippen LogP contribution < -0.4 is 27.3 Å². The van der Waals surface area contributed by atoms with Crippen LogP contribution in [0.4, 0.5) is 5.82 Å². The molecular formula is C24H23N3O6. The van der Waals surface area contributed by atoms with Gasteiger partial charge >= 0.3 is 11.3 Å². The Labute approximate surface area is 187 Å². The highest BCUT2D eigenvalue weighted by Crippen LogP contribution is 2.39. The van der Waals surface area contributed by atoms with E-state index in [1.165, 1.54) is 21.2 Å². The fraction of sp³-hybridized carbons (Fsp3) is 0.208. The molecule has 2 heterocycles. The summed E-state index contributed by atoms with van der Waals surface area (Å²) in [7, 11) is 4.27. The highest BCUT2D eigenvalue weighted by atomic mass is 16.5. The lowest BCUT2D eigenvalue weighted by molar-refractivity contribution is 0.414. The fourth-order valence-corrected chi connectivity index (χ4v) is 4.00. The second-order valence-electron chi connectivity index (χ2n) is 7.86. The number of hydrogen-bond acceptors (Lipinski definition) is 7. The minimum Gasteiger partial charge on any atom is -0.507 e. The van der Waals surface area contributed by atoms with Gasteiger partial charge in [0.15, 0.2) is 0 Å². The number of methoxy groups -OCH3 is 1. The number of ether oxygens (including phenoxy) is 1. The molecule has 0 fully saturated rings. The predicted octanol–water partition coefficient (Wildman–Crippen LogP) is 1.98. The van der Waals surface area contributed by atoms with Gasteiger partial charge in [-0.2, -0.15) is 0 Å². The Hall–Kier alpha value is -4.27. The van der Waals surface area contributed by atoms with Crippen molar-refractivity contribution in [1.29, 1.82) is 0 Å². The first-order chi connectivity index (χ1) is 15.6. The summed E-state index contributed by atoms with van der Waals surface area (Å²) < 4.78 is 12.7. The smallest absolute Gasteiger partial charge is 0.344 e. The predicted molar refractivity (Wildman–Crippen MR) is 124 cm³/mol. The number of nitrogens with two attached hydrogens (primary N) is 1. The van der Waals surface area contributed by atoms with Gasteiger partial charge in [-0.15, -0.1) is 0 Å². The van der Waals surface area contributed by atoms with Crippen LogP contribution in [0, 0.1) is 6.92 Å². The quantitative estimate of drug-likeness (QED) is 0.456. The van der Waals surface area contributed by atoms with E-state index < -0.39 is 22.8 Å². The van der Waals surface area contributed by atoms with Gasteiger partial charge in [0.2, 0.25) is 0 Å². The summed E-state index contributed by atoms with van der Waals surface area (Å²) >= 11 is 0. The van der Waals surface area contributed by atoms with Gasteiger partial charge in [-0.3, -0.25) is 13.9 Å². The summed E-state index contributed by atoms with van der Waals surface area (Å²) in [5, 5.41) is 11.5. The number of fused-ring (bicyclic) bond motifs is 1. The van der Waals surface area contributed by atoms with Crippen molar-refractivity contribution in [2.24, 2.45) is 14.1 Å². The molecule has 1 unspecified atom stereocenters. The maximum absolute atomic E-state index is 13.2. The highest BCUT2D eigenvalue weighted by Gasteiger charge is 2.32. The second kappa shape index (κ2) is 8.01. The molecule has 0 bridgehead atoms. The molecule has 1 atom stereocenters. The molecule has 3 N–H and O–H groups in total. The topological polar surface area (TPSA) is 130 Å². The van der Waals surface area contributed by atoms with E-state index in [1.807, 2.05) is 6.92 Å². The third-order valence-corrected chi connectivity index (χ3v) is 5.84. The second-order valence-corrected chi connectivity index (χ2v) is 7.86. The normalized spacial score (nSPS) is 12.1. The highest BCUT2D eigenvalue weighted by molar-refractivity contribution is 5.85. The molecule has 4 aromatic rings. The van der Waals surface area contributed by atoms with Crippen molar-refractivity contribution in [1.82, 2.24) is 9.13 Å². The fourth-order valence-electron chi connectivity index (χ4n) is 4.00. The van der Waals surface area contributed by atoms with E-state index >= 15 is 0 Å². The number of nitrogens with zero attached hydrogens (tertiary/aromatic N) is 2. The lowest BCUT2D eigenvalue weighted by atomic mass is 9.85. The molecule has 0 saturated carbocycles. The number of anilines is 1. The first kappa shape index (κ1) is 21.9. The lowest BCUT2D eigenvalue weighted by Gasteiger charge is -2.22. The van der Waals surface area contributed by atoms with Gasteiger partial charge in [0.05, 0.1) is 29.5 Å². The minimum absolute atomic E-state index is 0.0284. The van der Waals surface area contributed by atoms with Crippen LogP contribution >= 0.6 is 0 Å². The standard InChI is InChI=1S/C24H23N3O6/c1-12-5-10-16-15(11-12)20(28)18(23(30)33-16)17(13-6-8-14(32-4)9-7-13)19-21(25)26(2)24(31)27(3)22(19)29/h5-11,17,28H,25H2,1-4H3. The molecule has 170 valence electrons. The molecule has 2 aromatic carbocycles. The van der Waals surface area contributed by atoms with Crippen molar-refractivity contribution < 1.29 is 14.3 Å². The van der Waals surface area contributed by atoms with E-state index in [-0.39, 0.29) is 28.3 Å². The summed E-state index contributed by atoms with van der Waals surface area (Å²) in [6.45, 7) is 1.84. The molecule has 0 aliphatic carbocycles. The largest absolute Gasteiger partial charge is 0.507 e. The Kier molecular flexibility index (Phi) is 5.33. The van der Waals surface area contributed by atoms with E-state index in [9.17, 15) is 19.5 Å². The summed E-state index contributed by atoms with van der Waals surface area (Å²) in [6, 6.07) is 11.7. The van der Waals surface area contributed by atoms with Gasteiger partial charge in [-0.25, -0.2) is 9.59 Å². The van der Waals surface area contributed by atoms with Crippen molar-refractivity contribution in [3.05, 3.63) is 96.0 Å². The molecule has 4 rings (SSSR count). The van der Waals surface area contributed by atoms with Gasteiger partial charge < -0.3 is 20.0 Å². The molecule has 0 aliphatic heterocycles. The van der Waals surface area contributed by atoms with Gasteiger partial charge in [-0.05, 0) is 36.8 Å². The number of aromatic nitrogens is 2. The van der Waals surface area contributed by atoms with E-state index in [1.54, 1.807) is 42.5 Å². The van der Waals surface area contributed by atoms with Crippen LogP contribution in [-0.4, -0.2) is 21.4 Å². The minimum atomic E-state index is -1.11. The molecule has 9 heteroatoms. The maximum Gasteiger partial charge on any atom is 0.344 e. The van der Waals surface area contributed by atoms with E-state index in [0.717, 1.165) is 14.7 Å². The van der Waals surface area contributed by atoms with Crippen molar-refractivity contribution in [2.75, 3.05) is 12.8 Å². The third kappa shape index (κ3) is 3.47. The van der Waals surface area contributed by atoms with Crippen LogP contribution in [0.2, 0.25) is 0 Å². The third-order valence-electron chi connectivity index (χ3n) is 5.84. The van der Waals surface area contributed by atoms with E-state index in [0.29, 0.717) is 16.7 Å². The number of aromatic hydroxyl groups is 1. The summed E-state index contributed by atoms with van der Waals surface area (Å²) in [4.78, 5) is 38.8. The van der Waals surface area contributed by atoms with Crippen molar-refractivity contribution in [2.45, 2.75) is 12.8 Å². The van der Waals surface area contributed by atoms with E-state index in [2.05, 4.69) is 0 Å². The van der Waals surface area contributed by atoms with Gasteiger partial charge in [-0.1, -0.05) is 23.8 Å². The van der Waals surface area contributed by atoms with Crippen molar-refractivity contribution in [3.8, 4) is 11.5 Å². The molecule has 33 heavy (non-hydrogen) atoms. The first-order valence-electron chi connectivity index (χ1n) is 10.1. The number of benzene rings is 2. The molecule has 2 aromatic heterocycles. The summed E-state index contributed by atoms with van der Waals surface area (Å²) in [5.41, 5.74) is 5.47. The van der Waals surface area contributed by atoms with Crippen molar-refractivity contribution >= 4 is 16.8 Å². The van der Waals surface area contributed by atoms with Crippen LogP contribution in [0.1, 0.15) is 28.2 Å². The molecule has 0 aliphatic rings. The molecular weight excluding hydrogens is 426 g/mol. The van der Waals surface area contributed by atoms with Gasteiger partial charge in [0.1, 0.15) is 22.9 Å². The van der Waals surface area contributed by atoms with Crippen LogP contribution in [0.5, 0.6) is 11.5 Å². The molecule has 0 spiro atoms. The lowest BCUT2D eigenvalue weighted by Crippen LogP contribution is -2.41. The monoisotopic (exact) mass is 449 g/mol. The average molecular weight is 449 g/mol. The Morgan fingerprint density at radius 1 is 1.00 bits per heavy atom. The van der Waals surface area contributed by atoms with E-state index in [4.69, 9.17) is 14.9 Å². The average Bonchev–Trinajstić information content (AvgIpc) is 2.81. The zero-order valence-corrected chi connectivity index (χ0v) is 18.6. The number of hydrogen-bond donors (Lipinski definition) is 2. The Balaban J connectivity index is 2.16. The van der Waals surface area contributed by atoms with Crippen LogP contribution in [0.3, 0.4) is 0 Å². The zero-order chi connectivity index (χ0) is 24.0. The van der Waals surface area contributed by atoms with Crippen molar-refractivity contribution in [3.63, 3.8) is 0 Å². The number of rotatable bonds is 4. The Morgan fingerprint density at radius 2 is 1.67 bits per heavy atom. The van der Waals surface area contributed by atoms with Gasteiger partial charge in [0.25, 0.3) is 5.56 Å². The number of aryl methyl sites for hydroxylation is 1. The summed E-state index contributed by atoms with van der Waals surface area (Å²) in [5.74, 6) is -0.986. The molecule has 9 nitrogen and oxygen atoms in total. The number of nitrogen functional groups attached to an aromatic ring is 1. The van der Waals surface area contributed by atoms with Crippen LogP contribution in [-0.2, 0) is 14.1 Å². The maximum atomic E-state index is 13.2. The van der Waals surface area contributed by atoms with Crippen LogP contribution in [0.15, 0.2) is 61.3 Å². The molecule has 0 saturated heterocycles. The van der Waals surface area contributed by atoms with Gasteiger partial charge in [0, 0.05) is 14.1 Å². The van der Waals surface area contributed by atoms with Crippen LogP contribution in [0.25, 0.3) is 11.0 Å². The Morgan fingerprint density at radius 3 is 2.30 bits per heavy atom. The Bertz CT molecular complexity index is 1560. The first-order valence-corrected chi connectivity index (χ1v) is 10.1. The molecule has 0 amide bonds.